The van der Waals surface area contributed by atoms with Crippen molar-refractivity contribution in [3.05, 3.63) is 71.3 Å². The third kappa shape index (κ3) is 6.71. The number of nitrogens with zero attached hydrogens (tertiary/aromatic N) is 4. The number of pyridine rings is 1. The summed E-state index contributed by atoms with van der Waals surface area (Å²) in [6, 6.07) is 13.8. The minimum absolute atomic E-state index is 0.0777. The van der Waals surface area contributed by atoms with E-state index in [-0.39, 0.29) is 18.0 Å². The summed E-state index contributed by atoms with van der Waals surface area (Å²) in [5.41, 5.74) is 5.55. The highest BCUT2D eigenvalue weighted by Crippen LogP contribution is 2.45. The highest BCUT2D eigenvalue weighted by molar-refractivity contribution is 7.80. The predicted molar refractivity (Wildman–Crippen MR) is 175 cm³/mol. The van der Waals surface area contributed by atoms with Crippen molar-refractivity contribution in [1.82, 2.24) is 19.8 Å². The molecular formula is C33H44N6O3S. The molecule has 2 saturated heterocycles. The number of anilines is 2. The SMILES string of the molecule is COc1cc(N2C(=S)N[C@@H](c3ccccn3)[C@H]2c2cc(C)n(CCCN3CCOCC3)c2C)ccc1NC(=O)C(C)(C)C. The molecule has 0 saturated carbocycles. The molecule has 9 nitrogen and oxygen atoms in total. The summed E-state index contributed by atoms with van der Waals surface area (Å²) in [5.74, 6) is 0.498. The lowest BCUT2D eigenvalue weighted by Gasteiger charge is -2.29. The molecule has 0 bridgehead atoms. The first-order chi connectivity index (χ1) is 20.6. The number of carbonyl (C=O) groups is 1. The molecule has 2 atom stereocenters. The third-order valence-corrected chi connectivity index (χ3v) is 8.70. The number of methoxy groups -OCH3 is 1. The predicted octanol–water partition coefficient (Wildman–Crippen LogP) is 5.39. The first-order valence-electron chi connectivity index (χ1n) is 15.1. The largest absolute Gasteiger partial charge is 0.494 e. The van der Waals surface area contributed by atoms with Crippen LogP contribution in [-0.2, 0) is 16.1 Å². The average molecular weight is 605 g/mol. The molecule has 0 radical (unpaired) electrons. The van der Waals surface area contributed by atoms with Gasteiger partial charge >= 0.3 is 0 Å². The van der Waals surface area contributed by atoms with Crippen molar-refractivity contribution in [2.75, 3.05) is 50.2 Å². The molecular weight excluding hydrogens is 560 g/mol. The van der Waals surface area contributed by atoms with Crippen molar-refractivity contribution in [2.24, 2.45) is 5.41 Å². The zero-order valence-corrected chi connectivity index (χ0v) is 27.0. The average Bonchev–Trinajstić information content (AvgIpc) is 3.48. The maximum Gasteiger partial charge on any atom is 0.229 e. The van der Waals surface area contributed by atoms with Crippen LogP contribution in [0.2, 0.25) is 0 Å². The van der Waals surface area contributed by atoms with Crippen LogP contribution in [0.25, 0.3) is 0 Å². The first-order valence-corrected chi connectivity index (χ1v) is 15.5. The van der Waals surface area contributed by atoms with Crippen LogP contribution in [0.1, 0.15) is 61.9 Å². The van der Waals surface area contributed by atoms with Crippen molar-refractivity contribution >= 4 is 34.6 Å². The van der Waals surface area contributed by atoms with Gasteiger partial charge in [0, 0.05) is 60.9 Å². The van der Waals surface area contributed by atoms with Crippen LogP contribution in [0.15, 0.2) is 48.7 Å². The number of hydrogen-bond acceptors (Lipinski definition) is 6. The number of amides is 1. The molecule has 43 heavy (non-hydrogen) atoms. The van der Waals surface area contributed by atoms with Crippen LogP contribution in [0, 0.1) is 19.3 Å². The van der Waals surface area contributed by atoms with Gasteiger partial charge in [0.05, 0.1) is 43.8 Å². The van der Waals surface area contributed by atoms with Gasteiger partial charge in [-0.15, -0.1) is 0 Å². The molecule has 2 N–H and O–H groups in total. The number of hydrogen-bond donors (Lipinski definition) is 2. The van der Waals surface area contributed by atoms with Crippen LogP contribution >= 0.6 is 12.2 Å². The van der Waals surface area contributed by atoms with E-state index in [0.717, 1.165) is 57.2 Å². The van der Waals surface area contributed by atoms with Gasteiger partial charge in [0.15, 0.2) is 5.11 Å². The van der Waals surface area contributed by atoms with Crippen LogP contribution in [-0.4, -0.2) is 65.4 Å². The topological polar surface area (TPSA) is 83.9 Å². The zero-order valence-electron chi connectivity index (χ0n) is 26.1. The smallest absolute Gasteiger partial charge is 0.229 e. The Bertz CT molecular complexity index is 1440. The monoisotopic (exact) mass is 604 g/mol. The van der Waals surface area contributed by atoms with Crippen LogP contribution in [0.5, 0.6) is 5.75 Å². The summed E-state index contributed by atoms with van der Waals surface area (Å²) in [6.45, 7) is 15.7. The lowest BCUT2D eigenvalue weighted by Crippen LogP contribution is -2.37. The second kappa shape index (κ2) is 13.0. The van der Waals surface area contributed by atoms with E-state index >= 15 is 0 Å². The molecule has 2 aliphatic heterocycles. The molecule has 4 heterocycles. The molecule has 2 aromatic heterocycles. The molecule has 2 aliphatic rings. The van der Waals surface area contributed by atoms with Crippen molar-refractivity contribution < 1.29 is 14.3 Å². The van der Waals surface area contributed by atoms with Gasteiger partial charge in [0.2, 0.25) is 5.91 Å². The van der Waals surface area contributed by atoms with Gasteiger partial charge in [0.25, 0.3) is 0 Å². The Hall–Kier alpha value is -3.47. The standard InChI is InChI=1S/C33H44N6O3S/c1-22-20-25(23(2)38(22)15-9-14-37-16-18-42-19-17-37)30-29(27-10-7-8-13-34-27)36-32(43)39(30)24-11-12-26(28(21-24)41-6)35-31(40)33(3,4)5/h7-8,10-13,20-21,29-30H,9,14-19H2,1-6H3,(H,35,40)(H,36,43)/t29-,30+/m0/s1. The van der Waals surface area contributed by atoms with Gasteiger partial charge in [-0.25, -0.2) is 0 Å². The van der Waals surface area contributed by atoms with E-state index in [9.17, 15) is 4.79 Å². The van der Waals surface area contributed by atoms with Crippen LogP contribution in [0.4, 0.5) is 11.4 Å². The molecule has 2 fully saturated rings. The summed E-state index contributed by atoms with van der Waals surface area (Å²) < 4.78 is 13.7. The summed E-state index contributed by atoms with van der Waals surface area (Å²) in [7, 11) is 1.62. The van der Waals surface area contributed by atoms with Crippen LogP contribution < -0.4 is 20.3 Å². The molecule has 0 unspecified atom stereocenters. The summed E-state index contributed by atoms with van der Waals surface area (Å²) in [5, 5.41) is 7.20. The fraction of sp³-hybridized carbons (Fsp3) is 0.485. The number of nitrogens with one attached hydrogen (secondary N) is 2. The number of aromatic nitrogens is 2. The summed E-state index contributed by atoms with van der Waals surface area (Å²) >= 11 is 5.99. The molecule has 10 heteroatoms. The third-order valence-electron chi connectivity index (χ3n) is 8.38. The van der Waals surface area contributed by atoms with Gasteiger partial charge in [0.1, 0.15) is 5.75 Å². The van der Waals surface area contributed by atoms with E-state index in [1.54, 1.807) is 7.11 Å². The van der Waals surface area contributed by atoms with E-state index in [1.165, 1.54) is 17.0 Å². The Morgan fingerprint density at radius 1 is 1.14 bits per heavy atom. The minimum atomic E-state index is -0.532. The van der Waals surface area contributed by atoms with Gasteiger partial charge in [-0.2, -0.15) is 0 Å². The molecule has 0 spiro atoms. The molecule has 230 valence electrons. The number of aryl methyl sites for hydroxylation is 1. The Balaban J connectivity index is 1.49. The fourth-order valence-electron chi connectivity index (χ4n) is 5.94. The van der Waals surface area contributed by atoms with Gasteiger partial charge in [-0.3, -0.25) is 14.7 Å². The van der Waals surface area contributed by atoms with Crippen molar-refractivity contribution in [1.29, 1.82) is 0 Å². The molecule has 0 aliphatic carbocycles. The zero-order chi connectivity index (χ0) is 30.7. The fourth-order valence-corrected chi connectivity index (χ4v) is 6.29. The number of thiocarbonyl (C=S) groups is 1. The highest BCUT2D eigenvalue weighted by Gasteiger charge is 2.42. The first kappa shape index (κ1) is 31.0. The lowest BCUT2D eigenvalue weighted by molar-refractivity contribution is -0.123. The summed E-state index contributed by atoms with van der Waals surface area (Å²) in [6.07, 6.45) is 2.90. The maximum atomic E-state index is 12.7. The van der Waals surface area contributed by atoms with Crippen molar-refractivity contribution in [2.45, 2.75) is 59.7 Å². The Morgan fingerprint density at radius 2 is 1.91 bits per heavy atom. The van der Waals surface area contributed by atoms with Crippen molar-refractivity contribution in [3.8, 4) is 5.75 Å². The Kier molecular flexibility index (Phi) is 9.39. The molecule has 3 aromatic rings. The Labute approximate surface area is 260 Å². The van der Waals surface area contributed by atoms with Gasteiger partial charge in [-0.1, -0.05) is 26.8 Å². The quantitative estimate of drug-likeness (QED) is 0.315. The van der Waals surface area contributed by atoms with Gasteiger partial charge < -0.3 is 29.6 Å². The maximum absolute atomic E-state index is 12.7. The molecule has 1 amide bonds. The van der Waals surface area contributed by atoms with E-state index in [0.29, 0.717) is 16.5 Å². The normalized spacial score (nSPS) is 19.4. The number of morpholine rings is 1. The second-order valence-corrected chi connectivity index (χ2v) is 12.8. The molecule has 5 rings (SSSR count). The number of benzene rings is 1. The highest BCUT2D eigenvalue weighted by atomic mass is 32.1. The number of rotatable bonds is 9. The second-order valence-electron chi connectivity index (χ2n) is 12.4. The summed E-state index contributed by atoms with van der Waals surface area (Å²) in [4.78, 5) is 22.1. The van der Waals surface area contributed by atoms with Crippen LogP contribution in [0.3, 0.4) is 0 Å². The van der Waals surface area contributed by atoms with E-state index < -0.39 is 5.41 Å². The number of ether oxygens (including phenoxy) is 2. The van der Waals surface area contributed by atoms with E-state index in [2.05, 4.69) is 44.9 Å². The number of carbonyl (C=O) groups excluding carboxylic acids is 1. The van der Waals surface area contributed by atoms with Gasteiger partial charge in [-0.05, 0) is 68.4 Å². The lowest BCUT2D eigenvalue weighted by atomic mass is 9.95. The van der Waals surface area contributed by atoms with E-state index in [4.69, 9.17) is 26.7 Å². The molecule has 1 aromatic carbocycles. The Morgan fingerprint density at radius 3 is 2.58 bits per heavy atom. The van der Waals surface area contributed by atoms with E-state index in [1.807, 2.05) is 63.4 Å². The van der Waals surface area contributed by atoms with Crippen molar-refractivity contribution in [3.63, 3.8) is 0 Å². The minimum Gasteiger partial charge on any atom is -0.494 e.